The third-order valence-corrected chi connectivity index (χ3v) is 3.40. The molecule has 0 saturated carbocycles. The number of hydrogen-bond donors (Lipinski definition) is 2. The van der Waals surface area contributed by atoms with Crippen LogP contribution in [0.5, 0.6) is 11.5 Å². The number of aromatic nitrogens is 3. The van der Waals surface area contributed by atoms with Gasteiger partial charge in [-0.05, 0) is 36.8 Å². The van der Waals surface area contributed by atoms with Crippen LogP contribution < -0.4 is 14.9 Å². The van der Waals surface area contributed by atoms with E-state index in [-0.39, 0.29) is 0 Å². The van der Waals surface area contributed by atoms with Crippen molar-refractivity contribution in [2.24, 2.45) is 0 Å². The first-order valence-corrected chi connectivity index (χ1v) is 7.21. The van der Waals surface area contributed by atoms with E-state index in [0.717, 1.165) is 35.7 Å². The molecule has 0 unspecified atom stereocenters. The average molecular weight is 308 g/mol. The summed E-state index contributed by atoms with van der Waals surface area (Å²) in [4.78, 5) is 0. The minimum atomic E-state index is 0.556. The first-order chi connectivity index (χ1) is 10.2. The smallest absolute Gasteiger partial charge is 0.214 e. The monoisotopic (exact) mass is 308 g/mol. The number of nitrogens with zero attached hydrogens (tertiary/aromatic N) is 2. The third kappa shape index (κ3) is 3.55. The molecule has 2 rings (SSSR count). The molecule has 0 aliphatic heterocycles. The molecule has 0 bridgehead atoms. The molecule has 0 radical (unpaired) electrons. The van der Waals surface area contributed by atoms with Crippen LogP contribution in [0.15, 0.2) is 18.2 Å². The van der Waals surface area contributed by atoms with Crippen molar-refractivity contribution < 1.29 is 9.47 Å². The molecule has 21 heavy (non-hydrogen) atoms. The Labute approximate surface area is 129 Å². The summed E-state index contributed by atoms with van der Waals surface area (Å²) in [6.45, 7) is 2.66. The van der Waals surface area contributed by atoms with Gasteiger partial charge in [-0.3, -0.25) is 5.10 Å². The molecule has 0 aliphatic rings. The van der Waals surface area contributed by atoms with Gasteiger partial charge in [0.2, 0.25) is 4.77 Å². The predicted octanol–water partition coefficient (Wildman–Crippen LogP) is 2.65. The van der Waals surface area contributed by atoms with Crippen molar-refractivity contribution in [2.45, 2.75) is 26.3 Å². The highest BCUT2D eigenvalue weighted by molar-refractivity contribution is 7.71. The highest BCUT2D eigenvalue weighted by atomic mass is 32.1. The van der Waals surface area contributed by atoms with Gasteiger partial charge in [0.1, 0.15) is 11.5 Å². The van der Waals surface area contributed by atoms with E-state index < -0.39 is 0 Å². The van der Waals surface area contributed by atoms with Gasteiger partial charge in [0.15, 0.2) is 5.82 Å². The van der Waals surface area contributed by atoms with Gasteiger partial charge in [-0.2, -0.15) is 5.10 Å². The van der Waals surface area contributed by atoms with Gasteiger partial charge in [-0.1, -0.05) is 6.92 Å². The van der Waals surface area contributed by atoms with Crippen LogP contribution in [0.1, 0.15) is 24.7 Å². The molecule has 1 aromatic heterocycles. The van der Waals surface area contributed by atoms with E-state index in [9.17, 15) is 0 Å². The molecule has 0 spiro atoms. The quantitative estimate of drug-likeness (QED) is 0.770. The molecule has 2 aromatic rings. The van der Waals surface area contributed by atoms with Crippen LogP contribution in [0, 0.1) is 4.77 Å². The lowest BCUT2D eigenvalue weighted by Crippen LogP contribution is -2.18. The fraction of sp³-hybridized carbons (Fsp3) is 0.429. The number of H-pyrrole nitrogens is 1. The number of rotatable bonds is 7. The largest absolute Gasteiger partial charge is 0.497 e. The fourth-order valence-corrected chi connectivity index (χ4v) is 2.28. The van der Waals surface area contributed by atoms with Crippen molar-refractivity contribution in [1.29, 1.82) is 0 Å². The molecule has 0 amide bonds. The maximum Gasteiger partial charge on any atom is 0.214 e. The van der Waals surface area contributed by atoms with Crippen molar-refractivity contribution in [1.82, 2.24) is 14.9 Å². The molecule has 6 nitrogen and oxygen atoms in total. The third-order valence-electron chi connectivity index (χ3n) is 3.13. The molecule has 7 heteroatoms. The van der Waals surface area contributed by atoms with Gasteiger partial charge < -0.3 is 14.9 Å². The number of nitrogens with one attached hydrogen (secondary N) is 2. The Bertz CT molecular complexity index is 651. The summed E-state index contributed by atoms with van der Waals surface area (Å²) >= 11 is 5.24. The van der Waals surface area contributed by atoms with Crippen molar-refractivity contribution in [3.05, 3.63) is 34.4 Å². The van der Waals surface area contributed by atoms with E-state index in [1.54, 1.807) is 18.9 Å². The molecule has 2 N–H and O–H groups in total. The van der Waals surface area contributed by atoms with Crippen LogP contribution in [0.4, 0.5) is 0 Å². The second-order valence-corrected chi connectivity index (χ2v) is 4.93. The lowest BCUT2D eigenvalue weighted by atomic mass is 10.2. The predicted molar refractivity (Wildman–Crippen MR) is 84.0 cm³/mol. The zero-order valence-electron chi connectivity index (χ0n) is 12.5. The van der Waals surface area contributed by atoms with Crippen LogP contribution >= 0.6 is 12.2 Å². The molecule has 0 aliphatic carbocycles. The van der Waals surface area contributed by atoms with Crippen molar-refractivity contribution >= 4 is 12.2 Å². The van der Waals surface area contributed by atoms with E-state index in [1.165, 1.54) is 0 Å². The zero-order chi connectivity index (χ0) is 15.2. The second kappa shape index (κ2) is 7.12. The fourth-order valence-electron chi connectivity index (χ4n) is 2.07. The molecule has 0 atom stereocenters. The summed E-state index contributed by atoms with van der Waals surface area (Å²) in [5, 5.41) is 7.03. The number of methoxy groups -OCH3 is 2. The summed E-state index contributed by atoms with van der Waals surface area (Å²) in [6.07, 6.45) is 1.86. The summed E-state index contributed by atoms with van der Waals surface area (Å²) in [5.74, 6) is 2.48. The van der Waals surface area contributed by atoms with E-state index in [4.69, 9.17) is 21.7 Å². The van der Waals surface area contributed by atoms with E-state index in [1.807, 2.05) is 18.2 Å². The summed E-state index contributed by atoms with van der Waals surface area (Å²) < 4.78 is 13.0. The Kier molecular flexibility index (Phi) is 5.21. The molecule has 0 saturated heterocycles. The Morgan fingerprint density at radius 3 is 2.81 bits per heavy atom. The van der Waals surface area contributed by atoms with Crippen LogP contribution in [0.25, 0.3) is 0 Å². The Balaban J connectivity index is 2.19. The van der Waals surface area contributed by atoms with Gasteiger partial charge in [0.25, 0.3) is 0 Å². The first kappa shape index (κ1) is 15.4. The average Bonchev–Trinajstić information content (AvgIpc) is 2.85. The van der Waals surface area contributed by atoms with Gasteiger partial charge >= 0.3 is 0 Å². The Morgan fingerprint density at radius 1 is 1.33 bits per heavy atom. The number of aromatic amines is 1. The van der Waals surface area contributed by atoms with Gasteiger partial charge in [0.05, 0.1) is 20.8 Å². The minimum absolute atomic E-state index is 0.556. The normalized spacial score (nSPS) is 10.4. The molecular formula is C14H20N4O2S. The molecule has 1 heterocycles. The first-order valence-electron chi connectivity index (χ1n) is 6.80. The van der Waals surface area contributed by atoms with Crippen molar-refractivity contribution in [3.8, 4) is 11.5 Å². The van der Waals surface area contributed by atoms with Crippen LogP contribution in [0.2, 0.25) is 0 Å². The SMILES string of the molecule is CCCc1n[nH]c(=S)n1NCc1cc(OC)ccc1OC. The van der Waals surface area contributed by atoms with Gasteiger partial charge in [0, 0.05) is 12.0 Å². The summed E-state index contributed by atoms with van der Waals surface area (Å²) in [7, 11) is 3.29. The second-order valence-electron chi connectivity index (χ2n) is 4.54. The Hall–Kier alpha value is -2.02. The van der Waals surface area contributed by atoms with Crippen molar-refractivity contribution in [2.75, 3.05) is 19.6 Å². The highest BCUT2D eigenvalue weighted by Crippen LogP contribution is 2.24. The minimum Gasteiger partial charge on any atom is -0.497 e. The maximum atomic E-state index is 5.37. The van der Waals surface area contributed by atoms with Crippen molar-refractivity contribution in [3.63, 3.8) is 0 Å². The number of ether oxygens (including phenoxy) is 2. The van der Waals surface area contributed by atoms with E-state index in [0.29, 0.717) is 11.3 Å². The van der Waals surface area contributed by atoms with E-state index >= 15 is 0 Å². The summed E-state index contributed by atoms with van der Waals surface area (Å²) in [5.41, 5.74) is 4.26. The number of hydrogen-bond acceptors (Lipinski definition) is 5. The molecular weight excluding hydrogens is 288 g/mol. The topological polar surface area (TPSA) is 64.1 Å². The lowest BCUT2D eigenvalue weighted by Gasteiger charge is -2.13. The number of aryl methyl sites for hydroxylation is 1. The zero-order valence-corrected chi connectivity index (χ0v) is 13.3. The molecule has 0 fully saturated rings. The van der Waals surface area contributed by atoms with Crippen LogP contribution in [-0.4, -0.2) is 29.1 Å². The highest BCUT2D eigenvalue weighted by Gasteiger charge is 2.08. The van der Waals surface area contributed by atoms with Crippen LogP contribution in [0.3, 0.4) is 0 Å². The van der Waals surface area contributed by atoms with E-state index in [2.05, 4.69) is 22.5 Å². The lowest BCUT2D eigenvalue weighted by molar-refractivity contribution is 0.399. The van der Waals surface area contributed by atoms with Gasteiger partial charge in [-0.15, -0.1) is 0 Å². The summed E-state index contributed by atoms with van der Waals surface area (Å²) in [6, 6.07) is 5.70. The maximum absolute atomic E-state index is 5.37. The number of benzene rings is 1. The standard InChI is InChI=1S/C14H20N4O2S/c1-4-5-13-16-17-14(21)18(13)15-9-10-8-11(19-2)6-7-12(10)20-3/h6-8,15H,4-5,9H2,1-3H3,(H,17,21). The molecule has 1 aromatic carbocycles. The molecule has 114 valence electrons. The Morgan fingerprint density at radius 2 is 2.14 bits per heavy atom. The van der Waals surface area contributed by atoms with Crippen LogP contribution in [-0.2, 0) is 13.0 Å². The van der Waals surface area contributed by atoms with Gasteiger partial charge in [-0.25, -0.2) is 4.68 Å².